The Hall–Kier alpha value is -2.08. The van der Waals surface area contributed by atoms with Crippen molar-refractivity contribution in [1.82, 2.24) is 10.2 Å². The highest BCUT2D eigenvalue weighted by Gasteiger charge is 2.37. The van der Waals surface area contributed by atoms with Gasteiger partial charge in [-0.15, -0.1) is 0 Å². The second kappa shape index (κ2) is 6.19. The number of rotatable bonds is 5. The minimum absolute atomic E-state index is 0.135. The molecule has 0 saturated heterocycles. The third kappa shape index (κ3) is 3.45. The number of nitrogens with one attached hydrogen (secondary N) is 1. The van der Waals surface area contributed by atoms with Crippen LogP contribution in [0.1, 0.15) is 12.5 Å². The third-order valence-electron chi connectivity index (χ3n) is 2.92. The molecule has 0 aromatic heterocycles. The lowest BCUT2D eigenvalue weighted by atomic mass is 9.92. The highest BCUT2D eigenvalue weighted by atomic mass is 16.4. The number of benzene rings is 1. The largest absolute Gasteiger partial charge is 0.479 e. The fourth-order valence-corrected chi connectivity index (χ4v) is 1.58. The van der Waals surface area contributed by atoms with Crippen LogP contribution >= 0.6 is 0 Å². The van der Waals surface area contributed by atoms with Crippen LogP contribution in [0.25, 0.3) is 0 Å². The Balaban J connectivity index is 2.96. The second-order valence-corrected chi connectivity index (χ2v) is 4.37. The minimum atomic E-state index is -1.51. The molecule has 19 heavy (non-hydrogen) atoms. The van der Waals surface area contributed by atoms with E-state index in [2.05, 4.69) is 5.32 Å². The van der Waals surface area contributed by atoms with E-state index < -0.39 is 17.5 Å². The summed E-state index contributed by atoms with van der Waals surface area (Å²) in [6, 6.07) is 7.91. The number of urea groups is 1. The van der Waals surface area contributed by atoms with Gasteiger partial charge in [0.05, 0.1) is 6.61 Å². The number of carbonyl (C=O) groups is 2. The number of aliphatic carboxylic acids is 1. The summed E-state index contributed by atoms with van der Waals surface area (Å²) in [5.41, 5.74) is -1.03. The molecule has 104 valence electrons. The molecule has 0 aliphatic carbocycles. The number of hydrogen-bond donors (Lipinski definition) is 3. The molecule has 0 spiro atoms. The summed E-state index contributed by atoms with van der Waals surface area (Å²) in [5.74, 6) is -1.15. The van der Waals surface area contributed by atoms with Gasteiger partial charge < -0.3 is 20.4 Å². The van der Waals surface area contributed by atoms with Crippen LogP contribution in [0, 0.1) is 0 Å². The number of carboxylic acids is 1. The summed E-state index contributed by atoms with van der Waals surface area (Å²) in [7, 11) is 1.48. The summed E-state index contributed by atoms with van der Waals surface area (Å²) in [6.07, 6.45) is 0. The van der Waals surface area contributed by atoms with Crippen LogP contribution in [0.3, 0.4) is 0 Å². The second-order valence-electron chi connectivity index (χ2n) is 4.37. The molecule has 1 atom stereocenters. The highest BCUT2D eigenvalue weighted by Crippen LogP contribution is 2.21. The van der Waals surface area contributed by atoms with E-state index in [4.69, 9.17) is 5.11 Å². The predicted molar refractivity (Wildman–Crippen MR) is 69.7 cm³/mol. The number of amides is 2. The van der Waals surface area contributed by atoms with E-state index in [1.54, 1.807) is 30.3 Å². The average Bonchev–Trinajstić information content (AvgIpc) is 2.39. The van der Waals surface area contributed by atoms with Gasteiger partial charge in [0, 0.05) is 13.6 Å². The lowest BCUT2D eigenvalue weighted by molar-refractivity contribution is -0.144. The van der Waals surface area contributed by atoms with Gasteiger partial charge >= 0.3 is 12.0 Å². The van der Waals surface area contributed by atoms with E-state index >= 15 is 0 Å². The van der Waals surface area contributed by atoms with Crippen LogP contribution in [0.15, 0.2) is 30.3 Å². The molecule has 0 fully saturated rings. The molecule has 0 heterocycles. The third-order valence-corrected chi connectivity index (χ3v) is 2.92. The van der Waals surface area contributed by atoms with Gasteiger partial charge in [-0.3, -0.25) is 0 Å². The predicted octanol–water partition coefficient (Wildman–Crippen LogP) is 0.620. The average molecular weight is 266 g/mol. The summed E-state index contributed by atoms with van der Waals surface area (Å²) in [5, 5.41) is 20.6. The zero-order chi connectivity index (χ0) is 14.5. The minimum Gasteiger partial charge on any atom is -0.479 e. The molecule has 1 aromatic carbocycles. The maximum Gasteiger partial charge on any atom is 0.333 e. The zero-order valence-corrected chi connectivity index (χ0v) is 11.0. The van der Waals surface area contributed by atoms with Crippen LogP contribution in [-0.4, -0.2) is 47.3 Å². The van der Waals surface area contributed by atoms with Crippen LogP contribution in [0.2, 0.25) is 0 Å². The summed E-state index contributed by atoms with van der Waals surface area (Å²) in [4.78, 5) is 24.5. The number of aliphatic hydroxyl groups is 1. The Bertz CT molecular complexity index is 449. The first-order valence-electron chi connectivity index (χ1n) is 5.85. The first-order chi connectivity index (χ1) is 8.91. The van der Waals surface area contributed by atoms with Gasteiger partial charge in [-0.2, -0.15) is 0 Å². The summed E-state index contributed by atoms with van der Waals surface area (Å²) < 4.78 is 0. The van der Waals surface area contributed by atoms with Crippen molar-refractivity contribution in [2.45, 2.75) is 12.5 Å². The van der Waals surface area contributed by atoms with E-state index in [1.165, 1.54) is 18.9 Å². The van der Waals surface area contributed by atoms with Gasteiger partial charge in [0.1, 0.15) is 0 Å². The Labute approximate surface area is 111 Å². The molecule has 6 nitrogen and oxygen atoms in total. The maximum atomic E-state index is 11.9. The fraction of sp³-hybridized carbons (Fsp3) is 0.385. The molecule has 2 amide bonds. The van der Waals surface area contributed by atoms with Crippen LogP contribution in [0.5, 0.6) is 0 Å². The lowest BCUT2D eigenvalue weighted by Gasteiger charge is -2.29. The number of nitrogens with zero attached hydrogens (tertiary/aromatic N) is 1. The molecule has 0 aliphatic heterocycles. The van der Waals surface area contributed by atoms with Gasteiger partial charge in [0.15, 0.2) is 5.54 Å². The Morgan fingerprint density at radius 3 is 2.37 bits per heavy atom. The van der Waals surface area contributed by atoms with Gasteiger partial charge in [-0.05, 0) is 12.5 Å². The van der Waals surface area contributed by atoms with E-state index in [-0.39, 0.29) is 13.2 Å². The molecule has 1 aromatic rings. The van der Waals surface area contributed by atoms with E-state index in [0.717, 1.165) is 0 Å². The molecule has 0 aliphatic rings. The summed E-state index contributed by atoms with van der Waals surface area (Å²) >= 11 is 0. The Kier molecular flexibility index (Phi) is 4.88. The number of likely N-dealkylation sites (N-methyl/N-ethyl adjacent to an activating group) is 1. The van der Waals surface area contributed by atoms with E-state index in [1.807, 2.05) is 0 Å². The molecular weight excluding hydrogens is 248 g/mol. The topological polar surface area (TPSA) is 89.9 Å². The number of carboxylic acid groups (broad SMARTS) is 1. The van der Waals surface area contributed by atoms with Gasteiger partial charge in [0.25, 0.3) is 0 Å². The van der Waals surface area contributed by atoms with Crippen molar-refractivity contribution in [2.24, 2.45) is 0 Å². The van der Waals surface area contributed by atoms with Crippen molar-refractivity contribution in [2.75, 3.05) is 20.2 Å². The van der Waals surface area contributed by atoms with Crippen LogP contribution < -0.4 is 5.32 Å². The standard InChI is InChI=1S/C13H18N2O4/c1-13(11(17)18,10-6-4-3-5-7-10)14-12(19)15(2)8-9-16/h3-7,16H,8-9H2,1-2H3,(H,14,19)(H,17,18). The molecule has 0 bridgehead atoms. The first kappa shape index (κ1) is 15.0. The van der Waals surface area contributed by atoms with Gasteiger partial charge in [-0.1, -0.05) is 30.3 Å². The monoisotopic (exact) mass is 266 g/mol. The number of hydrogen-bond acceptors (Lipinski definition) is 3. The van der Waals surface area contributed by atoms with Crippen molar-refractivity contribution in [3.63, 3.8) is 0 Å². The van der Waals surface area contributed by atoms with Crippen molar-refractivity contribution in [3.05, 3.63) is 35.9 Å². The molecule has 1 unspecified atom stereocenters. The Morgan fingerprint density at radius 2 is 1.89 bits per heavy atom. The normalized spacial score (nSPS) is 13.4. The molecule has 0 radical (unpaired) electrons. The van der Waals surface area contributed by atoms with Gasteiger partial charge in [-0.25, -0.2) is 9.59 Å². The lowest BCUT2D eigenvalue weighted by Crippen LogP contribution is -2.53. The smallest absolute Gasteiger partial charge is 0.333 e. The quantitative estimate of drug-likeness (QED) is 0.728. The number of carbonyl (C=O) groups excluding carboxylic acids is 1. The van der Waals surface area contributed by atoms with E-state index in [9.17, 15) is 14.7 Å². The molecule has 3 N–H and O–H groups in total. The number of aliphatic hydroxyl groups excluding tert-OH is 1. The maximum absolute atomic E-state index is 11.9. The molecule has 6 heteroatoms. The van der Waals surface area contributed by atoms with Crippen molar-refractivity contribution < 1.29 is 19.8 Å². The van der Waals surface area contributed by atoms with Gasteiger partial charge in [0.2, 0.25) is 0 Å². The van der Waals surface area contributed by atoms with Crippen molar-refractivity contribution in [3.8, 4) is 0 Å². The zero-order valence-electron chi connectivity index (χ0n) is 11.0. The van der Waals surface area contributed by atoms with E-state index in [0.29, 0.717) is 5.56 Å². The first-order valence-corrected chi connectivity index (χ1v) is 5.85. The summed E-state index contributed by atoms with van der Waals surface area (Å²) in [6.45, 7) is 1.38. The van der Waals surface area contributed by atoms with Crippen molar-refractivity contribution in [1.29, 1.82) is 0 Å². The van der Waals surface area contributed by atoms with Crippen LogP contribution in [-0.2, 0) is 10.3 Å². The fourth-order valence-electron chi connectivity index (χ4n) is 1.58. The molecular formula is C13H18N2O4. The SMILES string of the molecule is CN(CCO)C(=O)NC(C)(C(=O)O)c1ccccc1. The Morgan fingerprint density at radius 1 is 1.32 bits per heavy atom. The van der Waals surface area contributed by atoms with Crippen molar-refractivity contribution >= 4 is 12.0 Å². The molecule has 1 rings (SSSR count). The van der Waals surface area contributed by atoms with Crippen LogP contribution in [0.4, 0.5) is 4.79 Å². The highest BCUT2D eigenvalue weighted by molar-refractivity contribution is 5.87. The molecule has 0 saturated carbocycles.